The zero-order valence-electron chi connectivity index (χ0n) is 20.1. The summed E-state index contributed by atoms with van der Waals surface area (Å²) in [6, 6.07) is 5.76. The second-order valence-electron chi connectivity index (χ2n) is 5.61. The minimum atomic E-state index is -3.22. The molecule has 1 atom stereocenters. The fourth-order valence-corrected chi connectivity index (χ4v) is 1.62. The maximum atomic E-state index is 10.3. The van der Waals surface area contributed by atoms with Crippen LogP contribution < -0.4 is 10.1 Å². The summed E-state index contributed by atoms with van der Waals surface area (Å²) in [7, 11) is 0. The fraction of sp³-hybridized carbons (Fsp3) is 0.667. The highest BCUT2D eigenvalue weighted by molar-refractivity contribution is 5.27. The van der Waals surface area contributed by atoms with Gasteiger partial charge in [-0.15, -0.1) is 0 Å². The molecule has 124 valence electrons. The van der Waals surface area contributed by atoms with Gasteiger partial charge in [0.15, 0.2) is 0 Å². The van der Waals surface area contributed by atoms with Crippen LogP contribution in [0.5, 0.6) is 5.75 Å². The Balaban J connectivity index is 1.96. The lowest BCUT2D eigenvalue weighted by molar-refractivity contribution is 0.104. The summed E-state index contributed by atoms with van der Waals surface area (Å²) in [5, 5.41) is 12.6. The molecule has 0 bridgehead atoms. The van der Waals surface area contributed by atoms with Gasteiger partial charge in [0.1, 0.15) is 18.4 Å². The van der Waals surface area contributed by atoms with Crippen LogP contribution in [-0.4, -0.2) is 43.5 Å². The van der Waals surface area contributed by atoms with Gasteiger partial charge in [0.2, 0.25) is 0 Å². The van der Waals surface area contributed by atoms with E-state index in [-0.39, 0.29) is 18.3 Å². The smallest absolute Gasteiger partial charge is 0.119 e. The van der Waals surface area contributed by atoms with Crippen molar-refractivity contribution in [2.24, 2.45) is 5.92 Å². The molecule has 0 aliphatic heterocycles. The average Bonchev–Trinajstić information content (AvgIpc) is 3.40. The summed E-state index contributed by atoms with van der Waals surface area (Å²) in [6.45, 7) is -3.98. The molecule has 1 fully saturated rings. The number of hydrogen-bond donors (Lipinski definition) is 2. The second kappa shape index (κ2) is 9.13. The number of nitrogens with one attached hydrogen (secondary N) is 1. The van der Waals surface area contributed by atoms with Crippen molar-refractivity contribution in [3.8, 4) is 5.75 Å². The van der Waals surface area contributed by atoms with E-state index in [9.17, 15) is 5.11 Å². The first kappa shape index (κ1) is 9.91. The highest BCUT2D eigenvalue weighted by atomic mass is 16.5. The summed E-state index contributed by atoms with van der Waals surface area (Å²) >= 11 is 0. The number of ether oxygens (including phenoxy) is 2. The van der Waals surface area contributed by atoms with E-state index < -0.39 is 31.7 Å². The molecule has 22 heavy (non-hydrogen) atoms. The molecule has 1 saturated carbocycles. The topological polar surface area (TPSA) is 50.7 Å². The van der Waals surface area contributed by atoms with Crippen LogP contribution in [0.25, 0.3) is 0 Å². The third-order valence-corrected chi connectivity index (χ3v) is 2.99. The van der Waals surface area contributed by atoms with E-state index in [2.05, 4.69) is 5.32 Å². The number of hydrogen-bond acceptors (Lipinski definition) is 4. The molecule has 1 unspecified atom stereocenters. The summed E-state index contributed by atoms with van der Waals surface area (Å²) in [4.78, 5) is 0. The van der Waals surface area contributed by atoms with Crippen LogP contribution in [0.3, 0.4) is 0 Å². The quantitative estimate of drug-likeness (QED) is 0.658. The highest BCUT2D eigenvalue weighted by Crippen LogP contribution is 2.28. The minimum absolute atomic E-state index is 0.0269. The van der Waals surface area contributed by atoms with Crippen molar-refractivity contribution in [3.63, 3.8) is 0 Å². The van der Waals surface area contributed by atoms with E-state index in [0.717, 1.165) is 18.4 Å². The minimum Gasteiger partial charge on any atom is -0.491 e. The zero-order valence-corrected chi connectivity index (χ0v) is 13.1. The Bertz CT molecular complexity index is 677. The molecule has 0 spiro atoms. The van der Waals surface area contributed by atoms with Crippen LogP contribution >= 0.6 is 0 Å². The van der Waals surface area contributed by atoms with Gasteiger partial charge in [-0.25, -0.2) is 0 Å². The van der Waals surface area contributed by atoms with Crippen molar-refractivity contribution < 1.29 is 24.2 Å². The van der Waals surface area contributed by atoms with Crippen LogP contribution in [0.2, 0.25) is 0 Å². The predicted molar refractivity (Wildman–Crippen MR) is 88.3 cm³/mol. The number of aliphatic hydroxyl groups is 1. The van der Waals surface area contributed by atoms with Crippen LogP contribution in [0, 0.1) is 5.92 Å². The summed E-state index contributed by atoms with van der Waals surface area (Å²) in [6.07, 6.45) is -1.07. The van der Waals surface area contributed by atoms with Gasteiger partial charge in [-0.2, -0.15) is 0 Å². The summed E-state index contributed by atoms with van der Waals surface area (Å²) in [5.41, 5.74) is 0.822. The van der Waals surface area contributed by atoms with Gasteiger partial charge >= 0.3 is 0 Å². The lowest BCUT2D eigenvalue weighted by atomic mass is 10.1. The number of rotatable bonds is 11. The molecule has 4 nitrogen and oxygen atoms in total. The third kappa shape index (κ3) is 7.25. The zero-order chi connectivity index (χ0) is 22.1. The molecule has 2 rings (SSSR count). The van der Waals surface area contributed by atoms with Crippen LogP contribution in [0.15, 0.2) is 24.3 Å². The third-order valence-electron chi connectivity index (χ3n) is 2.99. The molecular weight excluding hydrogens is 278 g/mol. The molecule has 0 radical (unpaired) electrons. The van der Waals surface area contributed by atoms with Crippen molar-refractivity contribution in [1.82, 2.24) is 5.32 Å². The van der Waals surface area contributed by atoms with E-state index in [1.807, 2.05) is 0 Å². The monoisotopic (exact) mass is 314 g/mol. The average molecular weight is 314 g/mol. The molecule has 0 heterocycles. The lowest BCUT2D eigenvalue weighted by Gasteiger charge is -2.15. The van der Waals surface area contributed by atoms with Crippen molar-refractivity contribution in [1.29, 1.82) is 0 Å². The molecule has 1 aliphatic rings. The molecular formula is C18H29NO3. The first-order valence-corrected chi connectivity index (χ1v) is 7.60. The largest absolute Gasteiger partial charge is 0.491 e. The van der Waals surface area contributed by atoms with Gasteiger partial charge in [-0.1, -0.05) is 26.0 Å². The predicted octanol–water partition coefficient (Wildman–Crippen LogP) is 2.39. The summed E-state index contributed by atoms with van der Waals surface area (Å²) < 4.78 is 65.4. The molecule has 1 aromatic rings. The van der Waals surface area contributed by atoms with Crippen molar-refractivity contribution in [2.75, 3.05) is 26.2 Å². The van der Waals surface area contributed by atoms with Crippen molar-refractivity contribution >= 4 is 0 Å². The van der Waals surface area contributed by atoms with E-state index in [1.165, 1.54) is 12.1 Å². The standard InChI is InChI=1S/C18H29NO3/c1-14(2)19-11-17(20)13-22-18-7-5-15(6-8-18)9-10-21-12-16-3-4-16/h5-8,14,16-17,19-20H,3-4,9-13H2,1-2H3/i11D2,12D2,13D2,17D. The Morgan fingerprint density at radius 3 is 2.73 bits per heavy atom. The van der Waals surface area contributed by atoms with E-state index in [4.69, 9.17) is 19.1 Å². The Labute approximate surface area is 143 Å². The van der Waals surface area contributed by atoms with E-state index in [0.29, 0.717) is 6.42 Å². The molecule has 1 aliphatic carbocycles. The SMILES string of the molecule is [2H]C([2H])(OCCc1ccc(OC([2H])([2H])C([2H])(O)C([2H])([2H])NC(C)C)cc1)C1CC1. The molecule has 0 saturated heterocycles. The number of benzene rings is 1. The Morgan fingerprint density at radius 1 is 1.36 bits per heavy atom. The molecule has 0 aromatic heterocycles. The molecule has 2 N–H and O–H groups in total. The van der Waals surface area contributed by atoms with Crippen molar-refractivity contribution in [2.45, 2.75) is 45.2 Å². The van der Waals surface area contributed by atoms with Gasteiger partial charge in [0.05, 0.1) is 13.5 Å². The Morgan fingerprint density at radius 2 is 2.09 bits per heavy atom. The van der Waals surface area contributed by atoms with Crippen LogP contribution in [0.4, 0.5) is 0 Å². The van der Waals surface area contributed by atoms with Crippen LogP contribution in [0.1, 0.15) is 41.8 Å². The highest BCUT2D eigenvalue weighted by Gasteiger charge is 2.20. The fourth-order valence-electron chi connectivity index (χ4n) is 1.62. The van der Waals surface area contributed by atoms with Gasteiger partial charge in [-0.3, -0.25) is 0 Å². The lowest BCUT2D eigenvalue weighted by Crippen LogP contribution is -2.35. The van der Waals surface area contributed by atoms with E-state index >= 15 is 0 Å². The molecule has 0 amide bonds. The first-order chi connectivity index (χ1) is 13.2. The van der Waals surface area contributed by atoms with Gasteiger partial charge in [0.25, 0.3) is 0 Å². The van der Waals surface area contributed by atoms with Gasteiger partial charge in [-0.05, 0) is 42.9 Å². The molecule has 4 heteroatoms. The first-order valence-electron chi connectivity index (χ1n) is 11.1. The maximum Gasteiger partial charge on any atom is 0.119 e. The van der Waals surface area contributed by atoms with Gasteiger partial charge in [0, 0.05) is 21.8 Å². The molecule has 1 aromatic carbocycles. The normalized spacial score (nSPS) is 24.1. The Kier molecular flexibility index (Phi) is 4.11. The van der Waals surface area contributed by atoms with Gasteiger partial charge < -0.3 is 19.9 Å². The summed E-state index contributed by atoms with van der Waals surface area (Å²) in [5.74, 6) is -0.00509. The van der Waals surface area contributed by atoms with Crippen LogP contribution in [-0.2, 0) is 11.2 Å². The van der Waals surface area contributed by atoms with Crippen molar-refractivity contribution in [3.05, 3.63) is 29.8 Å². The Hall–Kier alpha value is -1.10. The maximum absolute atomic E-state index is 10.3. The van der Waals surface area contributed by atoms with E-state index in [1.54, 1.807) is 26.0 Å². The second-order valence-corrected chi connectivity index (χ2v) is 5.61.